The number of hydrogen-bond acceptors (Lipinski definition) is 6. The fourth-order valence-electron chi connectivity index (χ4n) is 2.42. The van der Waals surface area contributed by atoms with Crippen molar-refractivity contribution in [3.63, 3.8) is 0 Å². The Morgan fingerprint density at radius 1 is 1.37 bits per heavy atom. The van der Waals surface area contributed by atoms with Gasteiger partial charge in [-0.25, -0.2) is 0 Å². The third kappa shape index (κ3) is 3.70. The minimum atomic E-state index is -0.633. The Kier molecular flexibility index (Phi) is 4.09. The van der Waals surface area contributed by atoms with Crippen LogP contribution in [0.15, 0.2) is 6.07 Å². The van der Waals surface area contributed by atoms with Crippen molar-refractivity contribution < 1.29 is 5.11 Å². The molecular formula is C13H23N5O. The molecule has 5 N–H and O–H groups in total. The van der Waals surface area contributed by atoms with Crippen LogP contribution in [0, 0.1) is 5.92 Å². The highest BCUT2D eigenvalue weighted by atomic mass is 16.3. The van der Waals surface area contributed by atoms with Gasteiger partial charge >= 0.3 is 0 Å². The number of nitrogen functional groups attached to an aromatic ring is 1. The molecule has 1 aliphatic rings. The molecule has 1 aromatic rings. The summed E-state index contributed by atoms with van der Waals surface area (Å²) in [6.07, 6.45) is 3.82. The van der Waals surface area contributed by atoms with Gasteiger partial charge in [-0.3, -0.25) is 0 Å². The summed E-state index contributed by atoms with van der Waals surface area (Å²) >= 11 is 0. The van der Waals surface area contributed by atoms with E-state index in [2.05, 4.69) is 27.5 Å². The van der Waals surface area contributed by atoms with E-state index in [1.54, 1.807) is 13.1 Å². The summed E-state index contributed by atoms with van der Waals surface area (Å²) in [5.74, 6) is 2.24. The summed E-state index contributed by atoms with van der Waals surface area (Å²) in [5, 5.41) is 16.6. The molecular weight excluding hydrogens is 242 g/mol. The minimum Gasteiger partial charge on any atom is -0.388 e. The third-order valence-corrected chi connectivity index (χ3v) is 3.80. The molecule has 0 amide bonds. The second kappa shape index (κ2) is 5.61. The molecule has 0 spiro atoms. The first-order valence-corrected chi connectivity index (χ1v) is 6.79. The number of nitrogens with zero attached hydrogens (tertiary/aromatic N) is 2. The van der Waals surface area contributed by atoms with Crippen molar-refractivity contribution in [3.05, 3.63) is 6.07 Å². The van der Waals surface area contributed by atoms with E-state index in [0.717, 1.165) is 25.7 Å². The topological polar surface area (TPSA) is 96.1 Å². The molecule has 1 fully saturated rings. The summed E-state index contributed by atoms with van der Waals surface area (Å²) in [6, 6.07) is 1.78. The Hall–Kier alpha value is -1.56. The molecule has 0 atom stereocenters. The number of rotatable bonds is 4. The van der Waals surface area contributed by atoms with Crippen LogP contribution >= 0.6 is 0 Å². The predicted octanol–water partition coefficient (Wildman–Crippen LogP) is 1.45. The average molecular weight is 265 g/mol. The Morgan fingerprint density at radius 3 is 2.63 bits per heavy atom. The van der Waals surface area contributed by atoms with Gasteiger partial charge in [0.1, 0.15) is 11.6 Å². The van der Waals surface area contributed by atoms with Gasteiger partial charge in [0, 0.05) is 19.7 Å². The van der Waals surface area contributed by atoms with Gasteiger partial charge in [0.05, 0.1) is 5.60 Å². The zero-order chi connectivity index (χ0) is 13.9. The Labute approximate surface area is 113 Å². The molecule has 6 nitrogen and oxygen atoms in total. The Balaban J connectivity index is 1.96. The zero-order valence-electron chi connectivity index (χ0n) is 11.6. The Bertz CT molecular complexity index is 429. The standard InChI is InChI=1S/C13H23N5O/c1-9-3-5-13(19,6-4-9)8-16-11-7-10(15-2)17-12(14)18-11/h7,9,19H,3-6,8H2,1-2H3,(H4,14,15,16,17,18). The molecule has 2 rings (SSSR count). The molecule has 0 unspecified atom stereocenters. The van der Waals surface area contributed by atoms with E-state index in [1.807, 2.05) is 0 Å². The van der Waals surface area contributed by atoms with Crippen LogP contribution in [0.3, 0.4) is 0 Å². The number of aliphatic hydroxyl groups is 1. The van der Waals surface area contributed by atoms with Crippen LogP contribution < -0.4 is 16.4 Å². The van der Waals surface area contributed by atoms with E-state index < -0.39 is 5.60 Å². The number of aromatic nitrogens is 2. The molecule has 0 saturated heterocycles. The maximum absolute atomic E-state index is 10.5. The number of hydrogen-bond donors (Lipinski definition) is 4. The van der Waals surface area contributed by atoms with Crippen molar-refractivity contribution in [3.8, 4) is 0 Å². The van der Waals surface area contributed by atoms with E-state index in [0.29, 0.717) is 24.1 Å². The molecule has 0 aliphatic heterocycles. The van der Waals surface area contributed by atoms with Gasteiger partial charge in [-0.1, -0.05) is 6.92 Å². The molecule has 106 valence electrons. The van der Waals surface area contributed by atoms with Crippen LogP contribution in [0.4, 0.5) is 17.6 Å². The summed E-state index contributed by atoms with van der Waals surface area (Å²) in [7, 11) is 1.78. The van der Waals surface area contributed by atoms with Gasteiger partial charge in [-0.05, 0) is 31.6 Å². The van der Waals surface area contributed by atoms with Gasteiger partial charge in [0.15, 0.2) is 0 Å². The van der Waals surface area contributed by atoms with Crippen molar-refractivity contribution in [1.82, 2.24) is 9.97 Å². The van der Waals surface area contributed by atoms with Crippen LogP contribution in [-0.2, 0) is 0 Å². The van der Waals surface area contributed by atoms with Crippen LogP contribution in [0.1, 0.15) is 32.6 Å². The molecule has 6 heteroatoms. The minimum absolute atomic E-state index is 0.221. The molecule has 19 heavy (non-hydrogen) atoms. The highest BCUT2D eigenvalue weighted by Crippen LogP contribution is 2.31. The average Bonchev–Trinajstić information content (AvgIpc) is 2.40. The molecule has 0 radical (unpaired) electrons. The molecule has 0 aromatic carbocycles. The van der Waals surface area contributed by atoms with Gasteiger partial charge in [-0.2, -0.15) is 9.97 Å². The van der Waals surface area contributed by atoms with E-state index in [-0.39, 0.29) is 5.95 Å². The number of nitrogens with two attached hydrogens (primary N) is 1. The van der Waals surface area contributed by atoms with Crippen LogP contribution in [0.2, 0.25) is 0 Å². The third-order valence-electron chi connectivity index (χ3n) is 3.80. The molecule has 1 aromatic heterocycles. The lowest BCUT2D eigenvalue weighted by Crippen LogP contribution is -2.40. The summed E-state index contributed by atoms with van der Waals surface area (Å²) in [5.41, 5.74) is 5.00. The van der Waals surface area contributed by atoms with E-state index in [4.69, 9.17) is 5.73 Å². The highest BCUT2D eigenvalue weighted by Gasteiger charge is 2.31. The van der Waals surface area contributed by atoms with Gasteiger partial charge in [0.2, 0.25) is 5.95 Å². The van der Waals surface area contributed by atoms with E-state index >= 15 is 0 Å². The predicted molar refractivity (Wildman–Crippen MR) is 77.1 cm³/mol. The highest BCUT2D eigenvalue weighted by molar-refractivity contribution is 5.50. The second-order valence-corrected chi connectivity index (χ2v) is 5.51. The summed E-state index contributed by atoms with van der Waals surface area (Å²) in [4.78, 5) is 8.14. The molecule has 1 saturated carbocycles. The van der Waals surface area contributed by atoms with Crippen molar-refractivity contribution >= 4 is 17.6 Å². The van der Waals surface area contributed by atoms with E-state index in [9.17, 15) is 5.11 Å². The molecule has 1 heterocycles. The first-order chi connectivity index (χ1) is 9.00. The normalized spacial score (nSPS) is 27.0. The van der Waals surface area contributed by atoms with Crippen molar-refractivity contribution in [2.24, 2.45) is 5.92 Å². The Morgan fingerprint density at radius 2 is 2.00 bits per heavy atom. The monoisotopic (exact) mass is 265 g/mol. The van der Waals surface area contributed by atoms with Crippen LogP contribution in [0.5, 0.6) is 0 Å². The largest absolute Gasteiger partial charge is 0.388 e. The quantitative estimate of drug-likeness (QED) is 0.658. The molecule has 0 bridgehead atoms. The number of nitrogens with one attached hydrogen (secondary N) is 2. The first-order valence-electron chi connectivity index (χ1n) is 6.79. The number of anilines is 3. The maximum Gasteiger partial charge on any atom is 0.223 e. The van der Waals surface area contributed by atoms with E-state index in [1.165, 1.54) is 0 Å². The first kappa shape index (κ1) is 13.9. The second-order valence-electron chi connectivity index (χ2n) is 5.51. The lowest BCUT2D eigenvalue weighted by molar-refractivity contribution is 0.00495. The smallest absolute Gasteiger partial charge is 0.223 e. The van der Waals surface area contributed by atoms with Crippen molar-refractivity contribution in [2.75, 3.05) is 30.0 Å². The lowest BCUT2D eigenvalue weighted by atomic mass is 9.79. The van der Waals surface area contributed by atoms with Gasteiger partial charge in [-0.15, -0.1) is 0 Å². The molecule has 1 aliphatic carbocycles. The van der Waals surface area contributed by atoms with Crippen molar-refractivity contribution in [2.45, 2.75) is 38.2 Å². The van der Waals surface area contributed by atoms with Crippen LogP contribution in [0.25, 0.3) is 0 Å². The zero-order valence-corrected chi connectivity index (χ0v) is 11.6. The fourth-order valence-corrected chi connectivity index (χ4v) is 2.42. The fraction of sp³-hybridized carbons (Fsp3) is 0.692. The lowest BCUT2D eigenvalue weighted by Gasteiger charge is -2.35. The van der Waals surface area contributed by atoms with Crippen LogP contribution in [-0.4, -0.2) is 34.3 Å². The van der Waals surface area contributed by atoms with Gasteiger partial charge < -0.3 is 21.5 Å². The summed E-state index contributed by atoms with van der Waals surface area (Å²) in [6.45, 7) is 2.73. The van der Waals surface area contributed by atoms with Crippen molar-refractivity contribution in [1.29, 1.82) is 0 Å². The SMILES string of the molecule is CNc1cc(NCC2(O)CCC(C)CC2)nc(N)n1. The van der Waals surface area contributed by atoms with Gasteiger partial charge in [0.25, 0.3) is 0 Å². The summed E-state index contributed by atoms with van der Waals surface area (Å²) < 4.78 is 0. The maximum atomic E-state index is 10.5.